The van der Waals surface area contributed by atoms with Gasteiger partial charge < -0.3 is 21.5 Å². The number of aliphatic hydroxyl groups is 1. The van der Waals surface area contributed by atoms with E-state index in [0.717, 1.165) is 31.9 Å². The number of carbonyl (C=O) groups excluding carboxylic acids is 1. The number of nitrogens with two attached hydrogens (primary N) is 2. The Morgan fingerprint density at radius 1 is 1.29 bits per heavy atom. The van der Waals surface area contributed by atoms with Gasteiger partial charge in [-0.25, -0.2) is 0 Å². The van der Waals surface area contributed by atoms with E-state index in [0.29, 0.717) is 17.8 Å². The molecule has 0 aromatic heterocycles. The Balaban J connectivity index is 2.09. The van der Waals surface area contributed by atoms with Crippen LogP contribution in [0, 0.1) is 0 Å². The van der Waals surface area contributed by atoms with Gasteiger partial charge in [-0.05, 0) is 32.0 Å². The minimum Gasteiger partial charge on any atom is -0.399 e. The Kier molecular flexibility index (Phi) is 4.39. The van der Waals surface area contributed by atoms with Crippen molar-refractivity contribution < 1.29 is 9.90 Å². The van der Waals surface area contributed by atoms with Crippen LogP contribution in [0.25, 0.3) is 0 Å². The summed E-state index contributed by atoms with van der Waals surface area (Å²) in [4.78, 5) is 15.9. The molecule has 0 aliphatic carbocycles. The van der Waals surface area contributed by atoms with Crippen molar-refractivity contribution in [2.75, 3.05) is 43.4 Å². The van der Waals surface area contributed by atoms with Crippen molar-refractivity contribution in [3.63, 3.8) is 0 Å². The molecule has 6 nitrogen and oxygen atoms in total. The second kappa shape index (κ2) is 5.91. The van der Waals surface area contributed by atoms with Crippen molar-refractivity contribution in [3.8, 4) is 0 Å². The van der Waals surface area contributed by atoms with Gasteiger partial charge in [0.15, 0.2) is 0 Å². The maximum absolute atomic E-state index is 11.5. The highest BCUT2D eigenvalue weighted by Crippen LogP contribution is 2.25. The lowest BCUT2D eigenvalue weighted by atomic mass is 10.1. The van der Waals surface area contributed by atoms with E-state index in [1.165, 1.54) is 0 Å². The molecule has 116 valence electrons. The number of primary amides is 1. The van der Waals surface area contributed by atoms with Gasteiger partial charge in [0.05, 0.1) is 16.9 Å². The standard InChI is InChI=1S/C15H24N4O2/c1-15(2,21)10-18-5-7-19(8-6-18)13-9-11(16)3-4-12(13)14(17)20/h3-4,9,21H,5-8,10,16H2,1-2H3,(H2,17,20). The van der Waals surface area contributed by atoms with Gasteiger partial charge in [0, 0.05) is 38.4 Å². The lowest BCUT2D eigenvalue weighted by molar-refractivity contribution is 0.0345. The number of benzene rings is 1. The molecule has 1 saturated heterocycles. The topological polar surface area (TPSA) is 95.8 Å². The number of piperazine rings is 1. The third kappa shape index (κ3) is 4.09. The van der Waals surface area contributed by atoms with Crippen LogP contribution in [-0.4, -0.2) is 54.2 Å². The molecular formula is C15H24N4O2. The van der Waals surface area contributed by atoms with Crippen LogP contribution in [0.3, 0.4) is 0 Å². The summed E-state index contributed by atoms with van der Waals surface area (Å²) in [6.45, 7) is 7.47. The quantitative estimate of drug-likeness (QED) is 0.692. The Bertz CT molecular complexity index is 517. The fraction of sp³-hybridized carbons (Fsp3) is 0.533. The molecule has 1 aliphatic heterocycles. The van der Waals surface area contributed by atoms with Crippen LogP contribution < -0.4 is 16.4 Å². The maximum Gasteiger partial charge on any atom is 0.250 e. The largest absolute Gasteiger partial charge is 0.399 e. The van der Waals surface area contributed by atoms with Crippen LogP contribution in [0.4, 0.5) is 11.4 Å². The van der Waals surface area contributed by atoms with Crippen molar-refractivity contribution in [2.24, 2.45) is 5.73 Å². The first kappa shape index (κ1) is 15.6. The molecule has 1 aromatic carbocycles. The molecule has 6 heteroatoms. The molecule has 0 radical (unpaired) electrons. The average molecular weight is 292 g/mol. The highest BCUT2D eigenvalue weighted by Gasteiger charge is 2.24. The predicted molar refractivity (Wildman–Crippen MR) is 84.3 cm³/mol. The molecule has 1 aliphatic rings. The van der Waals surface area contributed by atoms with Gasteiger partial charge in [-0.15, -0.1) is 0 Å². The molecule has 2 rings (SSSR count). The van der Waals surface area contributed by atoms with Gasteiger partial charge in [0.2, 0.25) is 0 Å². The molecule has 1 aromatic rings. The fourth-order valence-corrected chi connectivity index (χ4v) is 2.71. The zero-order valence-corrected chi connectivity index (χ0v) is 12.7. The number of carbonyl (C=O) groups is 1. The lowest BCUT2D eigenvalue weighted by Crippen LogP contribution is -2.50. The summed E-state index contributed by atoms with van der Waals surface area (Å²) in [7, 11) is 0. The summed E-state index contributed by atoms with van der Waals surface area (Å²) < 4.78 is 0. The fourth-order valence-electron chi connectivity index (χ4n) is 2.71. The zero-order valence-electron chi connectivity index (χ0n) is 12.7. The summed E-state index contributed by atoms with van der Waals surface area (Å²) in [5.74, 6) is -0.441. The summed E-state index contributed by atoms with van der Waals surface area (Å²) in [6.07, 6.45) is 0. The van der Waals surface area contributed by atoms with Gasteiger partial charge in [0.1, 0.15) is 0 Å². The smallest absolute Gasteiger partial charge is 0.250 e. The second-order valence-corrected chi connectivity index (χ2v) is 6.22. The van der Waals surface area contributed by atoms with Gasteiger partial charge in [0.25, 0.3) is 5.91 Å². The van der Waals surface area contributed by atoms with Crippen molar-refractivity contribution in [3.05, 3.63) is 23.8 Å². The number of hydrogen-bond donors (Lipinski definition) is 3. The first-order valence-corrected chi connectivity index (χ1v) is 7.15. The third-order valence-corrected chi connectivity index (χ3v) is 3.61. The summed E-state index contributed by atoms with van der Waals surface area (Å²) in [5.41, 5.74) is 12.5. The van der Waals surface area contributed by atoms with E-state index in [2.05, 4.69) is 9.80 Å². The molecule has 1 amide bonds. The second-order valence-electron chi connectivity index (χ2n) is 6.22. The van der Waals surface area contributed by atoms with Crippen molar-refractivity contribution in [1.29, 1.82) is 0 Å². The number of nitrogens with zero attached hydrogens (tertiary/aromatic N) is 2. The monoisotopic (exact) mass is 292 g/mol. The summed E-state index contributed by atoms with van der Waals surface area (Å²) in [5, 5.41) is 9.87. The first-order valence-electron chi connectivity index (χ1n) is 7.15. The van der Waals surface area contributed by atoms with E-state index in [9.17, 15) is 9.90 Å². The third-order valence-electron chi connectivity index (χ3n) is 3.61. The first-order chi connectivity index (χ1) is 9.76. The summed E-state index contributed by atoms with van der Waals surface area (Å²) in [6, 6.07) is 5.16. The van der Waals surface area contributed by atoms with E-state index in [1.807, 2.05) is 13.8 Å². The van der Waals surface area contributed by atoms with Crippen LogP contribution in [-0.2, 0) is 0 Å². The van der Waals surface area contributed by atoms with Crippen LogP contribution >= 0.6 is 0 Å². The number of hydrogen-bond acceptors (Lipinski definition) is 5. The number of β-amino-alcohol motifs (C(OH)–C–C–N with tert-alkyl or cyclic N) is 1. The molecule has 0 saturated carbocycles. The lowest BCUT2D eigenvalue weighted by Gasteiger charge is -2.38. The Labute approximate surface area is 125 Å². The van der Waals surface area contributed by atoms with E-state index >= 15 is 0 Å². The van der Waals surface area contributed by atoms with Crippen molar-refractivity contribution in [2.45, 2.75) is 19.4 Å². The Morgan fingerprint density at radius 2 is 1.90 bits per heavy atom. The van der Waals surface area contributed by atoms with Crippen LogP contribution in [0.2, 0.25) is 0 Å². The molecular weight excluding hydrogens is 268 g/mol. The van der Waals surface area contributed by atoms with Crippen LogP contribution in [0.5, 0.6) is 0 Å². The normalized spacial score (nSPS) is 17.0. The summed E-state index contributed by atoms with van der Waals surface area (Å²) >= 11 is 0. The molecule has 21 heavy (non-hydrogen) atoms. The van der Waals surface area contributed by atoms with Gasteiger partial charge in [-0.3, -0.25) is 9.69 Å². The number of nitrogen functional groups attached to an aromatic ring is 1. The number of anilines is 2. The molecule has 1 fully saturated rings. The number of amides is 1. The van der Waals surface area contributed by atoms with Crippen LogP contribution in [0.1, 0.15) is 24.2 Å². The molecule has 5 N–H and O–H groups in total. The molecule has 1 heterocycles. The molecule has 0 spiro atoms. The van der Waals surface area contributed by atoms with E-state index in [-0.39, 0.29) is 0 Å². The minimum atomic E-state index is -0.697. The van der Waals surface area contributed by atoms with Gasteiger partial charge in [-0.1, -0.05) is 0 Å². The SMILES string of the molecule is CC(C)(O)CN1CCN(c2cc(N)ccc2C(N)=O)CC1. The zero-order chi connectivity index (χ0) is 15.6. The minimum absolute atomic E-state index is 0.441. The number of rotatable bonds is 4. The average Bonchev–Trinajstić information content (AvgIpc) is 2.37. The van der Waals surface area contributed by atoms with Crippen molar-refractivity contribution >= 4 is 17.3 Å². The Morgan fingerprint density at radius 3 is 2.43 bits per heavy atom. The van der Waals surface area contributed by atoms with Crippen LogP contribution in [0.15, 0.2) is 18.2 Å². The highest BCUT2D eigenvalue weighted by molar-refractivity contribution is 5.99. The Hall–Kier alpha value is -1.79. The molecule has 0 unspecified atom stereocenters. The van der Waals surface area contributed by atoms with Gasteiger partial charge in [-0.2, -0.15) is 0 Å². The maximum atomic E-state index is 11.5. The van der Waals surface area contributed by atoms with Gasteiger partial charge >= 0.3 is 0 Å². The highest BCUT2D eigenvalue weighted by atomic mass is 16.3. The van der Waals surface area contributed by atoms with Crippen molar-refractivity contribution in [1.82, 2.24) is 4.90 Å². The molecule has 0 atom stereocenters. The molecule has 0 bridgehead atoms. The predicted octanol–water partition coefficient (Wildman–Crippen LogP) is 0.261. The van der Waals surface area contributed by atoms with E-state index in [4.69, 9.17) is 11.5 Å². The van der Waals surface area contributed by atoms with E-state index in [1.54, 1.807) is 18.2 Å². The van der Waals surface area contributed by atoms with E-state index < -0.39 is 11.5 Å².